The van der Waals surface area contributed by atoms with E-state index in [2.05, 4.69) is 38.3 Å². The van der Waals surface area contributed by atoms with Crippen LogP contribution in [0.15, 0.2) is 55.0 Å². The molecule has 42 heavy (non-hydrogen) atoms. The third kappa shape index (κ3) is 5.01. The first-order chi connectivity index (χ1) is 20.4. The van der Waals surface area contributed by atoms with Crippen LogP contribution in [0.3, 0.4) is 0 Å². The van der Waals surface area contributed by atoms with Gasteiger partial charge in [-0.25, -0.2) is 9.37 Å². The number of pyridine rings is 1. The van der Waals surface area contributed by atoms with Gasteiger partial charge in [-0.2, -0.15) is 9.97 Å². The summed E-state index contributed by atoms with van der Waals surface area (Å²) in [5, 5.41) is 12.6. The molecule has 1 saturated carbocycles. The van der Waals surface area contributed by atoms with Gasteiger partial charge in [-0.05, 0) is 59.9 Å². The Morgan fingerprint density at radius 3 is 2.67 bits per heavy atom. The number of aromatic nitrogens is 5. The summed E-state index contributed by atoms with van der Waals surface area (Å²) in [5.41, 5.74) is 0.826. The van der Waals surface area contributed by atoms with Gasteiger partial charge in [0.05, 0.1) is 12.0 Å². The molecule has 2 fully saturated rings. The van der Waals surface area contributed by atoms with Crippen LogP contribution < -0.4 is 9.64 Å². The lowest BCUT2D eigenvalue weighted by Crippen LogP contribution is -2.37. The number of phenolic OH excluding ortho intramolecular Hbond substituents is 1. The molecule has 2 aromatic carbocycles. The Morgan fingerprint density at radius 1 is 1.05 bits per heavy atom. The van der Waals surface area contributed by atoms with Crippen LogP contribution in [-0.4, -0.2) is 49.3 Å². The largest absolute Gasteiger partial charge is 0.508 e. The number of hydrogen-bond donors (Lipinski definition) is 1. The van der Waals surface area contributed by atoms with Crippen molar-refractivity contribution in [2.45, 2.75) is 46.1 Å². The molecule has 3 aromatic heterocycles. The lowest BCUT2D eigenvalue weighted by molar-refractivity contribution is 0.291. The fourth-order valence-corrected chi connectivity index (χ4v) is 6.75. The maximum absolute atomic E-state index is 16.5. The van der Waals surface area contributed by atoms with Crippen molar-refractivity contribution in [2.24, 2.45) is 17.8 Å². The molecule has 1 aliphatic carbocycles. The minimum atomic E-state index is -0.552. The minimum Gasteiger partial charge on any atom is -0.508 e. The van der Waals surface area contributed by atoms with Gasteiger partial charge < -0.3 is 19.3 Å². The average Bonchev–Trinajstić information content (AvgIpc) is 3.56. The Kier molecular flexibility index (Phi) is 6.88. The molecule has 5 aromatic rings. The maximum atomic E-state index is 16.5. The molecular weight excluding hydrogens is 531 g/mol. The Hall–Kier alpha value is -4.27. The van der Waals surface area contributed by atoms with Gasteiger partial charge in [-0.1, -0.05) is 38.1 Å². The summed E-state index contributed by atoms with van der Waals surface area (Å²) >= 11 is 0. The molecule has 0 spiro atoms. The van der Waals surface area contributed by atoms with Crippen LogP contribution in [0.2, 0.25) is 0 Å². The van der Waals surface area contributed by atoms with E-state index in [1.54, 1.807) is 18.3 Å². The number of fused-ring (bicyclic) bond motifs is 4. The van der Waals surface area contributed by atoms with Crippen molar-refractivity contribution < 1.29 is 14.2 Å². The Balaban J connectivity index is 1.28. The summed E-state index contributed by atoms with van der Waals surface area (Å²) in [7, 11) is 0. The predicted molar refractivity (Wildman–Crippen MR) is 161 cm³/mol. The van der Waals surface area contributed by atoms with E-state index in [-0.39, 0.29) is 23.0 Å². The summed E-state index contributed by atoms with van der Waals surface area (Å²) in [4.78, 5) is 20.8. The zero-order valence-corrected chi connectivity index (χ0v) is 24.0. The van der Waals surface area contributed by atoms with Crippen molar-refractivity contribution in [3.05, 3.63) is 66.6 Å². The molecule has 8 nitrogen and oxygen atoms in total. The van der Waals surface area contributed by atoms with Crippen LogP contribution in [-0.2, 0) is 13.0 Å². The Labute approximate surface area is 244 Å². The number of halogens is 1. The lowest BCUT2D eigenvalue weighted by Gasteiger charge is -2.33. The summed E-state index contributed by atoms with van der Waals surface area (Å²) < 4.78 is 24.8. The summed E-state index contributed by atoms with van der Waals surface area (Å²) in [6, 6.07) is 10.9. The maximum Gasteiger partial charge on any atom is 0.319 e. The van der Waals surface area contributed by atoms with E-state index in [0.717, 1.165) is 36.2 Å². The average molecular weight is 567 g/mol. The standard InChI is InChI=1S/C33H35FN6O2/c1-20(2)17-39-11-10-35-28(39)9-12-42-33-37-31-27(32(38-33)40-18-21-7-8-22(13-21)19-40)16-36-30(29(31)34)26-15-24(41)14-23-5-3-4-6-25(23)26/h3-6,10-11,14-16,20-22,41H,7-9,12-13,17-19H2,1-2H3. The van der Waals surface area contributed by atoms with Crippen molar-refractivity contribution in [2.75, 3.05) is 24.6 Å². The summed E-state index contributed by atoms with van der Waals surface area (Å²) in [5.74, 6) is 2.85. The molecule has 2 atom stereocenters. The van der Waals surface area contributed by atoms with Gasteiger partial charge in [-0.15, -0.1) is 0 Å². The molecule has 9 heteroatoms. The van der Waals surface area contributed by atoms with Gasteiger partial charge in [0.2, 0.25) is 0 Å². The number of imidazole rings is 1. The van der Waals surface area contributed by atoms with Crippen molar-refractivity contribution >= 4 is 27.5 Å². The second kappa shape index (κ2) is 10.9. The monoisotopic (exact) mass is 566 g/mol. The van der Waals surface area contributed by atoms with Gasteiger partial charge >= 0.3 is 6.01 Å². The molecule has 0 amide bonds. The van der Waals surface area contributed by atoms with Crippen LogP contribution in [0.4, 0.5) is 10.2 Å². The van der Waals surface area contributed by atoms with Crippen LogP contribution >= 0.6 is 0 Å². The fourth-order valence-electron chi connectivity index (χ4n) is 6.75. The predicted octanol–water partition coefficient (Wildman–Crippen LogP) is 6.40. The number of benzene rings is 2. The SMILES string of the molecule is CC(C)Cn1ccnc1CCOc1nc(N2CC3CCC(C3)C2)c2cnc(-c3cc(O)cc4ccccc34)c(F)c2n1. The van der Waals surface area contributed by atoms with Crippen molar-refractivity contribution in [1.82, 2.24) is 24.5 Å². The molecule has 1 N–H and O–H groups in total. The fraction of sp³-hybridized carbons (Fsp3) is 0.394. The highest BCUT2D eigenvalue weighted by Gasteiger charge is 2.34. The molecule has 1 aliphatic heterocycles. The van der Waals surface area contributed by atoms with E-state index in [4.69, 9.17) is 9.72 Å². The first-order valence-electron chi connectivity index (χ1n) is 14.9. The highest BCUT2D eigenvalue weighted by Crippen LogP contribution is 2.41. The highest BCUT2D eigenvalue weighted by atomic mass is 19.1. The molecule has 2 unspecified atom stereocenters. The van der Waals surface area contributed by atoms with Crippen molar-refractivity contribution in [3.63, 3.8) is 0 Å². The van der Waals surface area contributed by atoms with Crippen molar-refractivity contribution in [3.8, 4) is 23.0 Å². The highest BCUT2D eigenvalue weighted by molar-refractivity contribution is 5.99. The van der Waals surface area contributed by atoms with Crippen LogP contribution in [0.25, 0.3) is 32.9 Å². The van der Waals surface area contributed by atoms with Crippen LogP contribution in [0.5, 0.6) is 11.8 Å². The quantitative estimate of drug-likeness (QED) is 0.232. The first kappa shape index (κ1) is 26.6. The number of aromatic hydroxyl groups is 1. The third-order valence-corrected chi connectivity index (χ3v) is 8.57. The number of anilines is 1. The van der Waals surface area contributed by atoms with E-state index in [1.165, 1.54) is 19.3 Å². The molecule has 216 valence electrons. The van der Waals surface area contributed by atoms with Crippen LogP contribution in [0.1, 0.15) is 38.9 Å². The van der Waals surface area contributed by atoms with E-state index < -0.39 is 5.82 Å². The smallest absolute Gasteiger partial charge is 0.319 e. The van der Waals surface area contributed by atoms with E-state index >= 15 is 4.39 Å². The number of phenols is 1. The summed E-state index contributed by atoms with van der Waals surface area (Å²) in [6.45, 7) is 7.32. The second-order valence-corrected chi connectivity index (χ2v) is 12.2. The number of piperidine rings is 1. The first-order valence-corrected chi connectivity index (χ1v) is 14.9. The second-order valence-electron chi connectivity index (χ2n) is 12.2. The molecule has 2 aliphatic rings. The summed E-state index contributed by atoms with van der Waals surface area (Å²) in [6.07, 6.45) is 9.74. The van der Waals surface area contributed by atoms with Crippen LogP contribution in [0, 0.1) is 23.6 Å². The molecule has 0 radical (unpaired) electrons. The number of nitrogens with zero attached hydrogens (tertiary/aromatic N) is 6. The minimum absolute atomic E-state index is 0.0528. The zero-order chi connectivity index (χ0) is 28.8. The number of ether oxygens (including phenoxy) is 1. The Morgan fingerprint density at radius 2 is 1.86 bits per heavy atom. The normalized spacial score (nSPS) is 18.4. The van der Waals surface area contributed by atoms with E-state index in [1.807, 2.05) is 36.7 Å². The van der Waals surface area contributed by atoms with Gasteiger partial charge in [0, 0.05) is 50.2 Å². The molecule has 2 bridgehead atoms. The third-order valence-electron chi connectivity index (χ3n) is 8.57. The Bertz CT molecular complexity index is 1760. The molecule has 1 saturated heterocycles. The topological polar surface area (TPSA) is 89.2 Å². The van der Waals surface area contributed by atoms with Gasteiger partial charge in [0.25, 0.3) is 0 Å². The zero-order valence-electron chi connectivity index (χ0n) is 24.0. The van der Waals surface area contributed by atoms with Gasteiger partial charge in [0.15, 0.2) is 5.82 Å². The van der Waals surface area contributed by atoms with Gasteiger partial charge in [-0.3, -0.25) is 4.98 Å². The van der Waals surface area contributed by atoms with E-state index in [9.17, 15) is 5.11 Å². The molecule has 7 rings (SSSR count). The molecule has 4 heterocycles. The molecular formula is C33H35FN6O2. The lowest BCUT2D eigenvalue weighted by atomic mass is 9.98. The van der Waals surface area contributed by atoms with Gasteiger partial charge in [0.1, 0.15) is 28.6 Å². The van der Waals surface area contributed by atoms with E-state index in [0.29, 0.717) is 47.5 Å². The number of rotatable bonds is 8. The number of hydrogen-bond acceptors (Lipinski definition) is 7. The van der Waals surface area contributed by atoms with Crippen molar-refractivity contribution in [1.29, 1.82) is 0 Å².